The lowest BCUT2D eigenvalue weighted by molar-refractivity contribution is -0.132. The molecule has 0 amide bonds. The number of unbranched alkanes of at least 4 members (excludes halogenated alkanes) is 6. The molecule has 0 heterocycles. The monoisotopic (exact) mass is 226 g/mol. The van der Waals surface area contributed by atoms with Crippen LogP contribution in [0.2, 0.25) is 0 Å². The fourth-order valence-corrected chi connectivity index (χ4v) is 1.70. The molecule has 0 saturated carbocycles. The van der Waals surface area contributed by atoms with E-state index in [0.717, 1.165) is 38.5 Å². The predicted molar refractivity (Wildman–Crippen MR) is 68.6 cm³/mol. The number of hydrogen-bond acceptors (Lipinski definition) is 1. The van der Waals surface area contributed by atoms with Crippen molar-refractivity contribution in [2.24, 2.45) is 0 Å². The highest BCUT2D eigenvalue weighted by Gasteiger charge is 2.05. The smallest absolute Gasteiger partial charge is 0.331 e. The zero-order valence-electron chi connectivity index (χ0n) is 10.8. The van der Waals surface area contributed by atoms with E-state index < -0.39 is 5.97 Å². The first-order valence-corrected chi connectivity index (χ1v) is 6.64. The van der Waals surface area contributed by atoms with E-state index in [1.165, 1.54) is 19.3 Å². The maximum Gasteiger partial charge on any atom is 0.331 e. The van der Waals surface area contributed by atoms with Crippen LogP contribution in [0, 0.1) is 0 Å². The molecule has 0 saturated heterocycles. The minimum Gasteiger partial charge on any atom is -0.478 e. The van der Waals surface area contributed by atoms with Crippen molar-refractivity contribution in [2.45, 2.75) is 71.6 Å². The molecular formula is C14H26O2. The largest absolute Gasteiger partial charge is 0.478 e. The van der Waals surface area contributed by atoms with Gasteiger partial charge in [0, 0.05) is 5.57 Å². The average molecular weight is 226 g/mol. The number of carboxylic acid groups (broad SMARTS) is 1. The molecule has 0 aliphatic rings. The molecule has 0 rings (SSSR count). The average Bonchev–Trinajstić information content (AvgIpc) is 2.26. The highest BCUT2D eigenvalue weighted by atomic mass is 16.4. The normalized spacial score (nSPS) is 11.8. The Kier molecular flexibility index (Phi) is 10.2. The predicted octanol–water partition coefficient (Wildman–Crippen LogP) is 4.55. The van der Waals surface area contributed by atoms with Crippen molar-refractivity contribution in [3.8, 4) is 0 Å². The zero-order valence-corrected chi connectivity index (χ0v) is 10.8. The van der Waals surface area contributed by atoms with Gasteiger partial charge in [-0.25, -0.2) is 4.79 Å². The van der Waals surface area contributed by atoms with Gasteiger partial charge in [-0.2, -0.15) is 0 Å². The summed E-state index contributed by atoms with van der Waals surface area (Å²) in [5.41, 5.74) is 0.616. The molecule has 0 atom stereocenters. The number of allylic oxidation sites excluding steroid dienone is 1. The molecule has 0 fully saturated rings. The van der Waals surface area contributed by atoms with E-state index in [1.807, 2.05) is 6.08 Å². The van der Waals surface area contributed by atoms with E-state index in [0.29, 0.717) is 5.57 Å². The highest BCUT2D eigenvalue weighted by Crippen LogP contribution is 2.13. The first-order valence-electron chi connectivity index (χ1n) is 6.64. The summed E-state index contributed by atoms with van der Waals surface area (Å²) in [4.78, 5) is 10.9. The summed E-state index contributed by atoms with van der Waals surface area (Å²) in [6.45, 7) is 4.31. The summed E-state index contributed by atoms with van der Waals surface area (Å²) in [7, 11) is 0. The van der Waals surface area contributed by atoms with Crippen molar-refractivity contribution >= 4 is 5.97 Å². The quantitative estimate of drug-likeness (QED) is 0.438. The van der Waals surface area contributed by atoms with Crippen LogP contribution in [0.5, 0.6) is 0 Å². The van der Waals surface area contributed by atoms with Crippen LogP contribution in [-0.4, -0.2) is 11.1 Å². The van der Waals surface area contributed by atoms with Gasteiger partial charge in [-0.05, 0) is 19.3 Å². The van der Waals surface area contributed by atoms with E-state index >= 15 is 0 Å². The number of rotatable bonds is 10. The van der Waals surface area contributed by atoms with Gasteiger partial charge in [-0.3, -0.25) is 0 Å². The highest BCUT2D eigenvalue weighted by molar-refractivity contribution is 5.86. The van der Waals surface area contributed by atoms with Crippen molar-refractivity contribution in [3.05, 3.63) is 11.6 Å². The van der Waals surface area contributed by atoms with Gasteiger partial charge in [0.1, 0.15) is 0 Å². The lowest BCUT2D eigenvalue weighted by Gasteiger charge is -2.02. The number of carbonyl (C=O) groups is 1. The van der Waals surface area contributed by atoms with Crippen LogP contribution < -0.4 is 0 Å². The molecule has 0 spiro atoms. The number of aliphatic carboxylic acids is 1. The Morgan fingerprint density at radius 2 is 1.62 bits per heavy atom. The summed E-state index contributed by atoms with van der Waals surface area (Å²) in [6, 6.07) is 0. The van der Waals surface area contributed by atoms with E-state index in [-0.39, 0.29) is 0 Å². The van der Waals surface area contributed by atoms with Crippen molar-refractivity contribution in [1.82, 2.24) is 0 Å². The van der Waals surface area contributed by atoms with E-state index in [4.69, 9.17) is 5.11 Å². The van der Waals surface area contributed by atoms with E-state index in [2.05, 4.69) is 13.8 Å². The van der Waals surface area contributed by atoms with Gasteiger partial charge in [0.25, 0.3) is 0 Å². The Bertz CT molecular complexity index is 207. The Balaban J connectivity index is 3.76. The molecule has 2 heteroatoms. The Morgan fingerprint density at radius 3 is 2.19 bits per heavy atom. The summed E-state index contributed by atoms with van der Waals surface area (Å²) < 4.78 is 0. The molecule has 0 aromatic carbocycles. The zero-order chi connectivity index (χ0) is 12.2. The molecular weight excluding hydrogens is 200 g/mol. The fourth-order valence-electron chi connectivity index (χ4n) is 1.70. The van der Waals surface area contributed by atoms with Crippen LogP contribution in [0.1, 0.15) is 71.6 Å². The molecule has 16 heavy (non-hydrogen) atoms. The Labute approximate surface area is 99.7 Å². The lowest BCUT2D eigenvalue weighted by atomic mass is 10.0. The van der Waals surface area contributed by atoms with Crippen molar-refractivity contribution in [1.29, 1.82) is 0 Å². The van der Waals surface area contributed by atoms with E-state index in [1.54, 1.807) is 0 Å². The standard InChI is InChI=1S/C14H26O2/c1-3-5-7-8-10-12-13(14(15)16)11-9-6-4-2/h11H,3-10,12H2,1-2H3,(H,15,16). The number of hydrogen-bond donors (Lipinski definition) is 1. The maximum absolute atomic E-state index is 10.9. The van der Waals surface area contributed by atoms with Gasteiger partial charge in [0.2, 0.25) is 0 Å². The SMILES string of the molecule is CCCCC=C(CCCCCCC)C(=O)O. The van der Waals surface area contributed by atoms with Gasteiger partial charge in [0.15, 0.2) is 0 Å². The molecule has 0 aliphatic carbocycles. The third kappa shape index (κ3) is 8.51. The molecule has 0 aromatic heterocycles. The van der Waals surface area contributed by atoms with Gasteiger partial charge >= 0.3 is 5.97 Å². The lowest BCUT2D eigenvalue weighted by Crippen LogP contribution is -2.00. The topological polar surface area (TPSA) is 37.3 Å². The first kappa shape index (κ1) is 15.2. The summed E-state index contributed by atoms with van der Waals surface area (Å²) >= 11 is 0. The van der Waals surface area contributed by atoms with Crippen LogP contribution in [0.25, 0.3) is 0 Å². The Hall–Kier alpha value is -0.790. The molecule has 0 aromatic rings. The molecule has 94 valence electrons. The van der Waals surface area contributed by atoms with Crippen molar-refractivity contribution in [3.63, 3.8) is 0 Å². The van der Waals surface area contributed by atoms with Crippen LogP contribution in [0.3, 0.4) is 0 Å². The molecule has 0 bridgehead atoms. The maximum atomic E-state index is 10.9. The third-order valence-corrected chi connectivity index (χ3v) is 2.77. The fraction of sp³-hybridized carbons (Fsp3) is 0.786. The molecule has 0 unspecified atom stereocenters. The van der Waals surface area contributed by atoms with Crippen molar-refractivity contribution < 1.29 is 9.90 Å². The summed E-state index contributed by atoms with van der Waals surface area (Å²) in [6.07, 6.45) is 11.7. The second-order valence-electron chi connectivity index (χ2n) is 4.34. The van der Waals surface area contributed by atoms with E-state index in [9.17, 15) is 4.79 Å². The van der Waals surface area contributed by atoms with Crippen LogP contribution >= 0.6 is 0 Å². The van der Waals surface area contributed by atoms with Crippen LogP contribution in [0.15, 0.2) is 11.6 Å². The second kappa shape index (κ2) is 10.7. The van der Waals surface area contributed by atoms with Crippen molar-refractivity contribution in [2.75, 3.05) is 0 Å². The molecule has 1 N–H and O–H groups in total. The van der Waals surface area contributed by atoms with Crippen LogP contribution in [-0.2, 0) is 4.79 Å². The Morgan fingerprint density at radius 1 is 1.00 bits per heavy atom. The van der Waals surface area contributed by atoms with Gasteiger partial charge in [-0.1, -0.05) is 58.4 Å². The minimum absolute atomic E-state index is 0.616. The van der Waals surface area contributed by atoms with Gasteiger partial charge in [-0.15, -0.1) is 0 Å². The summed E-state index contributed by atoms with van der Waals surface area (Å²) in [5.74, 6) is -0.730. The third-order valence-electron chi connectivity index (χ3n) is 2.77. The summed E-state index contributed by atoms with van der Waals surface area (Å²) in [5, 5.41) is 9.01. The first-order chi connectivity index (χ1) is 7.72. The molecule has 2 nitrogen and oxygen atoms in total. The minimum atomic E-state index is -0.730. The second-order valence-corrected chi connectivity index (χ2v) is 4.34. The number of carboxylic acids is 1. The molecule has 0 radical (unpaired) electrons. The van der Waals surface area contributed by atoms with Gasteiger partial charge < -0.3 is 5.11 Å². The van der Waals surface area contributed by atoms with Gasteiger partial charge in [0.05, 0.1) is 0 Å². The van der Waals surface area contributed by atoms with Crippen LogP contribution in [0.4, 0.5) is 0 Å². The molecule has 0 aliphatic heterocycles.